The molecule has 0 aliphatic heterocycles. The van der Waals surface area contributed by atoms with Gasteiger partial charge in [0.2, 0.25) is 5.75 Å². The smallest absolute Gasteiger partial charge is 0.203 e. The van der Waals surface area contributed by atoms with Crippen LogP contribution in [0.1, 0.15) is 42.6 Å². The average molecular weight is 388 g/mol. The summed E-state index contributed by atoms with van der Waals surface area (Å²) in [6.07, 6.45) is 2.45. The zero-order chi connectivity index (χ0) is 20.4. The molecular weight excluding hydrogens is 360 g/mol. The van der Waals surface area contributed by atoms with Crippen molar-refractivity contribution in [3.63, 3.8) is 0 Å². The molecule has 2 N–H and O–H groups in total. The first-order valence-corrected chi connectivity index (χ1v) is 9.44. The molecule has 0 spiro atoms. The summed E-state index contributed by atoms with van der Waals surface area (Å²) in [4.78, 5) is 0. The lowest BCUT2D eigenvalue weighted by molar-refractivity contribution is 0.0947. The molecule has 0 bridgehead atoms. The van der Waals surface area contributed by atoms with E-state index in [9.17, 15) is 10.2 Å². The number of aromatic hydroxyl groups is 2. The Morgan fingerprint density at radius 1 is 0.964 bits per heavy atom. The molecule has 0 amide bonds. The number of hydrogen-bond acceptors (Lipinski definition) is 6. The van der Waals surface area contributed by atoms with Gasteiger partial charge in [-0.15, -0.1) is 0 Å². The number of rotatable bonds is 6. The first-order valence-electron chi connectivity index (χ1n) is 9.44. The predicted molar refractivity (Wildman–Crippen MR) is 107 cm³/mol. The molecule has 0 saturated heterocycles. The van der Waals surface area contributed by atoms with Crippen LogP contribution in [0.3, 0.4) is 0 Å². The van der Waals surface area contributed by atoms with Crippen molar-refractivity contribution in [2.45, 2.75) is 38.7 Å². The van der Waals surface area contributed by atoms with Crippen LogP contribution in [0.2, 0.25) is 0 Å². The van der Waals surface area contributed by atoms with Gasteiger partial charge in [0, 0.05) is 23.8 Å². The second-order valence-corrected chi connectivity index (χ2v) is 6.88. The molecule has 6 nitrogen and oxygen atoms in total. The second-order valence-electron chi connectivity index (χ2n) is 6.88. The Morgan fingerprint density at radius 2 is 1.68 bits per heavy atom. The van der Waals surface area contributed by atoms with Crippen LogP contribution in [0.25, 0.3) is 11.1 Å². The zero-order valence-electron chi connectivity index (χ0n) is 17.1. The molecule has 1 aliphatic carbocycles. The standard InChI is InChI=1S/C22H28O6/c1-6-7-13-10-14(23)18-15(25-2)9-8-12-11-16(26-3)21(27-4)22(28-5)17(12)19(18)20(13)24/h10-11,15,23-24H,6-9H2,1-5H3/t15-/m0/s1. The summed E-state index contributed by atoms with van der Waals surface area (Å²) >= 11 is 0. The van der Waals surface area contributed by atoms with E-state index >= 15 is 0 Å². The van der Waals surface area contributed by atoms with Gasteiger partial charge in [-0.05, 0) is 42.5 Å². The third-order valence-corrected chi connectivity index (χ3v) is 5.36. The molecule has 2 aromatic carbocycles. The highest BCUT2D eigenvalue weighted by molar-refractivity contribution is 5.88. The van der Waals surface area contributed by atoms with E-state index in [4.69, 9.17) is 18.9 Å². The molecule has 0 unspecified atom stereocenters. The van der Waals surface area contributed by atoms with E-state index in [0.29, 0.717) is 58.8 Å². The SMILES string of the molecule is CCCc1cc(O)c2c(c1O)-c1c(cc(OC)c(OC)c1OC)CC[C@@H]2OC. The van der Waals surface area contributed by atoms with E-state index in [2.05, 4.69) is 0 Å². The summed E-state index contributed by atoms with van der Waals surface area (Å²) in [6.45, 7) is 2.03. The molecule has 2 aromatic rings. The van der Waals surface area contributed by atoms with Gasteiger partial charge < -0.3 is 29.2 Å². The third-order valence-electron chi connectivity index (χ3n) is 5.36. The lowest BCUT2D eigenvalue weighted by Gasteiger charge is -2.23. The maximum atomic E-state index is 11.2. The Kier molecular flexibility index (Phi) is 5.89. The fourth-order valence-electron chi connectivity index (χ4n) is 4.11. The van der Waals surface area contributed by atoms with Crippen molar-refractivity contribution in [2.75, 3.05) is 28.4 Å². The van der Waals surface area contributed by atoms with Gasteiger partial charge in [-0.2, -0.15) is 0 Å². The van der Waals surface area contributed by atoms with E-state index in [1.807, 2.05) is 13.0 Å². The molecule has 1 aliphatic rings. The van der Waals surface area contributed by atoms with E-state index < -0.39 is 0 Å². The first kappa shape index (κ1) is 20.1. The van der Waals surface area contributed by atoms with Gasteiger partial charge in [0.15, 0.2) is 11.5 Å². The molecule has 1 atom stereocenters. The van der Waals surface area contributed by atoms with Crippen molar-refractivity contribution in [1.29, 1.82) is 0 Å². The summed E-state index contributed by atoms with van der Waals surface area (Å²) in [5, 5.41) is 22.0. The maximum absolute atomic E-state index is 11.2. The number of phenolic OH excluding ortho intramolecular Hbond substituents is 2. The fourth-order valence-corrected chi connectivity index (χ4v) is 4.11. The third kappa shape index (κ3) is 3.11. The summed E-state index contributed by atoms with van der Waals surface area (Å²) < 4.78 is 22.4. The van der Waals surface area contributed by atoms with Crippen LogP contribution in [0.4, 0.5) is 0 Å². The zero-order valence-corrected chi connectivity index (χ0v) is 17.1. The van der Waals surface area contributed by atoms with Crippen LogP contribution in [0.15, 0.2) is 12.1 Å². The summed E-state index contributed by atoms with van der Waals surface area (Å²) in [5.41, 5.74) is 3.46. The molecule has 28 heavy (non-hydrogen) atoms. The molecule has 0 fully saturated rings. The van der Waals surface area contributed by atoms with Crippen LogP contribution >= 0.6 is 0 Å². The Balaban J connectivity index is 2.46. The number of phenols is 2. The van der Waals surface area contributed by atoms with Crippen molar-refractivity contribution in [1.82, 2.24) is 0 Å². The second kappa shape index (κ2) is 8.19. The number of ether oxygens (including phenoxy) is 4. The molecule has 3 rings (SSSR count). The van der Waals surface area contributed by atoms with E-state index in [0.717, 1.165) is 12.0 Å². The minimum Gasteiger partial charge on any atom is -0.508 e. The van der Waals surface area contributed by atoms with Crippen LogP contribution in [-0.4, -0.2) is 38.7 Å². The van der Waals surface area contributed by atoms with E-state index in [-0.39, 0.29) is 17.6 Å². The molecule has 0 radical (unpaired) electrons. The monoisotopic (exact) mass is 388 g/mol. The highest BCUT2D eigenvalue weighted by Crippen LogP contribution is 2.55. The topological polar surface area (TPSA) is 77.4 Å². The summed E-state index contributed by atoms with van der Waals surface area (Å²) in [5.74, 6) is 1.74. The van der Waals surface area contributed by atoms with Crippen LogP contribution in [-0.2, 0) is 17.6 Å². The molecule has 0 aromatic heterocycles. The normalized spacial score (nSPS) is 15.4. The van der Waals surface area contributed by atoms with Crippen LogP contribution in [0.5, 0.6) is 28.7 Å². The maximum Gasteiger partial charge on any atom is 0.203 e. The lowest BCUT2D eigenvalue weighted by Crippen LogP contribution is -2.04. The molecule has 0 saturated carbocycles. The Morgan fingerprint density at radius 3 is 2.25 bits per heavy atom. The van der Waals surface area contributed by atoms with Gasteiger partial charge in [-0.1, -0.05) is 13.3 Å². The average Bonchev–Trinajstić information content (AvgIpc) is 2.87. The van der Waals surface area contributed by atoms with Crippen molar-refractivity contribution in [3.05, 3.63) is 28.8 Å². The summed E-state index contributed by atoms with van der Waals surface area (Å²) in [7, 11) is 6.30. The first-order chi connectivity index (χ1) is 13.5. The number of fused-ring (bicyclic) bond motifs is 3. The van der Waals surface area contributed by atoms with Crippen molar-refractivity contribution in [3.8, 4) is 39.9 Å². The highest BCUT2D eigenvalue weighted by Gasteiger charge is 2.33. The number of aryl methyl sites for hydroxylation is 2. The van der Waals surface area contributed by atoms with Crippen molar-refractivity contribution in [2.24, 2.45) is 0 Å². The van der Waals surface area contributed by atoms with E-state index in [1.54, 1.807) is 34.5 Å². The minimum absolute atomic E-state index is 0.118. The Bertz CT molecular complexity index is 874. The van der Waals surface area contributed by atoms with Crippen molar-refractivity contribution >= 4 is 0 Å². The molecule has 0 heterocycles. The summed E-state index contributed by atoms with van der Waals surface area (Å²) in [6, 6.07) is 3.55. The highest BCUT2D eigenvalue weighted by atomic mass is 16.5. The quantitative estimate of drug-likeness (QED) is 0.715. The van der Waals surface area contributed by atoms with Gasteiger partial charge >= 0.3 is 0 Å². The van der Waals surface area contributed by atoms with Gasteiger partial charge in [0.05, 0.1) is 27.4 Å². The van der Waals surface area contributed by atoms with Crippen LogP contribution < -0.4 is 14.2 Å². The van der Waals surface area contributed by atoms with Gasteiger partial charge in [-0.3, -0.25) is 0 Å². The van der Waals surface area contributed by atoms with E-state index in [1.165, 1.54) is 0 Å². The van der Waals surface area contributed by atoms with Gasteiger partial charge in [0.1, 0.15) is 11.5 Å². The fraction of sp³-hybridized carbons (Fsp3) is 0.455. The molecule has 6 heteroatoms. The van der Waals surface area contributed by atoms with Gasteiger partial charge in [-0.25, -0.2) is 0 Å². The Labute approximate surface area is 165 Å². The van der Waals surface area contributed by atoms with Crippen molar-refractivity contribution < 1.29 is 29.2 Å². The van der Waals surface area contributed by atoms with Gasteiger partial charge in [0.25, 0.3) is 0 Å². The number of methoxy groups -OCH3 is 4. The lowest BCUT2D eigenvalue weighted by atomic mass is 9.89. The Hall–Kier alpha value is -2.60. The minimum atomic E-state index is -0.356. The number of benzene rings is 2. The predicted octanol–water partition coefficient (Wildman–Crippen LogP) is 4.38. The largest absolute Gasteiger partial charge is 0.508 e. The van der Waals surface area contributed by atoms with Crippen LogP contribution in [0, 0.1) is 0 Å². The number of hydrogen-bond donors (Lipinski definition) is 2. The molecular formula is C22H28O6. The molecule has 152 valence electrons.